The molecular formula is C19H19ClFN3O. The normalized spacial score (nSPS) is 10.5. The van der Waals surface area contributed by atoms with Crippen LogP contribution in [0.5, 0.6) is 5.75 Å². The lowest BCUT2D eigenvalue weighted by Gasteiger charge is -2.10. The molecule has 1 aromatic heterocycles. The number of nitriles is 1. The number of hydrogen-bond donors (Lipinski definition) is 0. The number of ether oxygens (including phenoxy) is 1. The summed E-state index contributed by atoms with van der Waals surface area (Å²) in [4.78, 5) is 2.04. The van der Waals surface area contributed by atoms with E-state index in [0.717, 1.165) is 23.1 Å². The molecule has 0 spiro atoms. The maximum Gasteiger partial charge on any atom is 0.145 e. The Bertz CT molecular complexity index is 897. The Morgan fingerprint density at radius 3 is 2.52 bits per heavy atom. The lowest BCUT2D eigenvalue weighted by molar-refractivity contribution is 0.263. The minimum absolute atomic E-state index is 0. The minimum atomic E-state index is -0.274. The van der Waals surface area contributed by atoms with Gasteiger partial charge in [0.15, 0.2) is 0 Å². The fourth-order valence-corrected chi connectivity index (χ4v) is 2.54. The standard InChI is InChI=1S/C19H18FN3O.ClH/c1-22(2)9-10-24-19-13-23(16-6-4-15(20)5-7-16)18-8-3-14(12-21)11-17(18)19;/h3-8,11,13H,9-10H2,1-2H3;1H. The Labute approximate surface area is 152 Å². The SMILES string of the molecule is CN(C)CCOc1cn(-c2ccc(F)cc2)c2ccc(C#N)cc12.Cl. The first-order valence-electron chi connectivity index (χ1n) is 7.67. The van der Waals surface area contributed by atoms with Gasteiger partial charge in [-0.2, -0.15) is 5.26 Å². The highest BCUT2D eigenvalue weighted by Crippen LogP contribution is 2.31. The maximum absolute atomic E-state index is 13.2. The minimum Gasteiger partial charge on any atom is -0.490 e. The van der Waals surface area contributed by atoms with Gasteiger partial charge in [0.1, 0.15) is 18.2 Å². The predicted molar refractivity (Wildman–Crippen MR) is 99.2 cm³/mol. The van der Waals surface area contributed by atoms with Crippen LogP contribution in [0.2, 0.25) is 0 Å². The Morgan fingerprint density at radius 2 is 1.88 bits per heavy atom. The van der Waals surface area contributed by atoms with E-state index in [4.69, 9.17) is 10.00 Å². The van der Waals surface area contributed by atoms with Crippen molar-refractivity contribution in [3.8, 4) is 17.5 Å². The fraction of sp³-hybridized carbons (Fsp3) is 0.211. The van der Waals surface area contributed by atoms with Gasteiger partial charge in [-0.1, -0.05) is 0 Å². The third-order valence-electron chi connectivity index (χ3n) is 3.80. The van der Waals surface area contributed by atoms with E-state index in [1.54, 1.807) is 18.2 Å². The van der Waals surface area contributed by atoms with Crippen LogP contribution in [0.25, 0.3) is 16.6 Å². The van der Waals surface area contributed by atoms with Crippen LogP contribution in [0, 0.1) is 17.1 Å². The highest BCUT2D eigenvalue weighted by atomic mass is 35.5. The van der Waals surface area contributed by atoms with Gasteiger partial charge in [-0.05, 0) is 56.6 Å². The van der Waals surface area contributed by atoms with Gasteiger partial charge < -0.3 is 14.2 Å². The summed E-state index contributed by atoms with van der Waals surface area (Å²) in [6, 6.07) is 13.9. The van der Waals surface area contributed by atoms with E-state index in [1.165, 1.54) is 12.1 Å². The van der Waals surface area contributed by atoms with E-state index < -0.39 is 0 Å². The molecular weight excluding hydrogens is 341 g/mol. The summed E-state index contributed by atoms with van der Waals surface area (Å²) in [5, 5.41) is 10.0. The quantitative estimate of drug-likeness (QED) is 0.691. The van der Waals surface area contributed by atoms with Gasteiger partial charge in [0.2, 0.25) is 0 Å². The molecule has 0 N–H and O–H groups in total. The third kappa shape index (κ3) is 4.11. The second-order valence-corrected chi connectivity index (χ2v) is 5.84. The Kier molecular flexibility index (Phi) is 6.02. The first-order valence-corrected chi connectivity index (χ1v) is 7.67. The molecule has 1 heterocycles. The lowest BCUT2D eigenvalue weighted by atomic mass is 10.1. The van der Waals surface area contributed by atoms with Crippen LogP contribution in [-0.4, -0.2) is 36.7 Å². The van der Waals surface area contributed by atoms with Crippen molar-refractivity contribution >= 4 is 23.3 Å². The molecule has 25 heavy (non-hydrogen) atoms. The molecule has 0 aliphatic heterocycles. The summed E-state index contributed by atoms with van der Waals surface area (Å²) in [6.07, 6.45) is 1.88. The van der Waals surface area contributed by atoms with Crippen molar-refractivity contribution in [2.75, 3.05) is 27.2 Å². The van der Waals surface area contributed by atoms with Crippen LogP contribution in [0.4, 0.5) is 4.39 Å². The summed E-state index contributed by atoms with van der Waals surface area (Å²) < 4.78 is 21.0. The second-order valence-electron chi connectivity index (χ2n) is 5.84. The third-order valence-corrected chi connectivity index (χ3v) is 3.80. The average Bonchev–Trinajstić information content (AvgIpc) is 2.93. The van der Waals surface area contributed by atoms with Crippen molar-refractivity contribution in [2.45, 2.75) is 0 Å². The number of hydrogen-bond acceptors (Lipinski definition) is 3. The number of fused-ring (bicyclic) bond motifs is 1. The molecule has 0 atom stereocenters. The summed E-state index contributed by atoms with van der Waals surface area (Å²) in [7, 11) is 3.97. The van der Waals surface area contributed by atoms with Crippen molar-refractivity contribution in [1.29, 1.82) is 5.26 Å². The number of aromatic nitrogens is 1. The molecule has 0 saturated carbocycles. The number of likely N-dealkylation sites (N-methyl/N-ethyl adjacent to an activating group) is 1. The summed E-state index contributed by atoms with van der Waals surface area (Å²) in [6.45, 7) is 1.34. The van der Waals surface area contributed by atoms with Crippen molar-refractivity contribution in [3.63, 3.8) is 0 Å². The van der Waals surface area contributed by atoms with Gasteiger partial charge in [-0.3, -0.25) is 0 Å². The molecule has 130 valence electrons. The van der Waals surface area contributed by atoms with Crippen LogP contribution in [0.1, 0.15) is 5.56 Å². The van der Waals surface area contributed by atoms with Crippen LogP contribution in [0.3, 0.4) is 0 Å². The van der Waals surface area contributed by atoms with Crippen LogP contribution < -0.4 is 4.74 Å². The van der Waals surface area contributed by atoms with Gasteiger partial charge in [-0.25, -0.2) is 4.39 Å². The maximum atomic E-state index is 13.2. The van der Waals surface area contributed by atoms with Gasteiger partial charge >= 0.3 is 0 Å². The topological polar surface area (TPSA) is 41.2 Å². The zero-order valence-electron chi connectivity index (χ0n) is 14.1. The van der Waals surface area contributed by atoms with E-state index >= 15 is 0 Å². The smallest absolute Gasteiger partial charge is 0.145 e. The van der Waals surface area contributed by atoms with Gasteiger partial charge in [-0.15, -0.1) is 12.4 Å². The summed E-state index contributed by atoms with van der Waals surface area (Å²) in [5.41, 5.74) is 2.34. The zero-order chi connectivity index (χ0) is 17.1. The Balaban J connectivity index is 0.00000225. The monoisotopic (exact) mass is 359 g/mol. The first kappa shape index (κ1) is 18.8. The van der Waals surface area contributed by atoms with E-state index in [9.17, 15) is 4.39 Å². The molecule has 2 aromatic carbocycles. The molecule has 0 aliphatic carbocycles. The zero-order valence-corrected chi connectivity index (χ0v) is 14.9. The van der Waals surface area contributed by atoms with Gasteiger partial charge in [0, 0.05) is 17.6 Å². The predicted octanol–water partition coefficient (Wildman–Crippen LogP) is 4.00. The average molecular weight is 360 g/mol. The van der Waals surface area contributed by atoms with Crippen molar-refractivity contribution in [2.24, 2.45) is 0 Å². The highest BCUT2D eigenvalue weighted by Gasteiger charge is 2.12. The molecule has 0 saturated heterocycles. The molecule has 0 amide bonds. The van der Waals surface area contributed by atoms with Crippen molar-refractivity contribution in [1.82, 2.24) is 9.47 Å². The summed E-state index contributed by atoms with van der Waals surface area (Å²) in [5.74, 6) is 0.442. The van der Waals surface area contributed by atoms with Crippen LogP contribution >= 0.6 is 12.4 Å². The molecule has 4 nitrogen and oxygen atoms in total. The van der Waals surface area contributed by atoms with E-state index in [0.29, 0.717) is 17.9 Å². The Hall–Kier alpha value is -2.55. The first-order chi connectivity index (χ1) is 11.6. The molecule has 3 aromatic rings. The Morgan fingerprint density at radius 1 is 1.16 bits per heavy atom. The molecule has 0 unspecified atom stereocenters. The van der Waals surface area contributed by atoms with E-state index in [1.807, 2.05) is 41.9 Å². The number of halogens is 2. The number of rotatable bonds is 5. The second kappa shape index (κ2) is 8.02. The molecule has 6 heteroatoms. The molecule has 0 radical (unpaired) electrons. The molecule has 0 bridgehead atoms. The van der Waals surface area contributed by atoms with E-state index in [-0.39, 0.29) is 18.2 Å². The largest absolute Gasteiger partial charge is 0.490 e. The number of nitrogens with zero attached hydrogens (tertiary/aromatic N) is 3. The van der Waals surface area contributed by atoms with Crippen molar-refractivity contribution < 1.29 is 9.13 Å². The van der Waals surface area contributed by atoms with E-state index in [2.05, 4.69) is 6.07 Å². The molecule has 0 aliphatic rings. The van der Waals surface area contributed by atoms with Crippen molar-refractivity contribution in [3.05, 3.63) is 60.0 Å². The number of benzene rings is 2. The van der Waals surface area contributed by atoms with Gasteiger partial charge in [0.25, 0.3) is 0 Å². The van der Waals surface area contributed by atoms with Crippen LogP contribution in [-0.2, 0) is 0 Å². The van der Waals surface area contributed by atoms with Crippen LogP contribution in [0.15, 0.2) is 48.7 Å². The lowest BCUT2D eigenvalue weighted by Crippen LogP contribution is -2.19. The van der Waals surface area contributed by atoms with Gasteiger partial charge in [0.05, 0.1) is 23.3 Å². The molecule has 3 rings (SSSR count). The highest BCUT2D eigenvalue weighted by molar-refractivity contribution is 5.89. The molecule has 0 fully saturated rings. The summed E-state index contributed by atoms with van der Waals surface area (Å²) >= 11 is 0. The fourth-order valence-electron chi connectivity index (χ4n) is 2.54.